The molecule has 1 unspecified atom stereocenters. The molecule has 19 heavy (non-hydrogen) atoms. The molecule has 0 saturated carbocycles. The van der Waals surface area contributed by atoms with Crippen LogP contribution in [0.15, 0.2) is 18.2 Å². The third-order valence-electron chi connectivity index (χ3n) is 3.55. The highest BCUT2D eigenvalue weighted by atomic mass is 35.5. The van der Waals surface area contributed by atoms with Gasteiger partial charge in [0.1, 0.15) is 5.82 Å². The van der Waals surface area contributed by atoms with Gasteiger partial charge in [-0.3, -0.25) is 4.79 Å². The second kappa shape index (κ2) is 6.35. The van der Waals surface area contributed by atoms with E-state index in [4.69, 9.17) is 17.3 Å². The Morgan fingerprint density at radius 3 is 2.95 bits per heavy atom. The molecule has 1 aromatic carbocycles. The number of nitrogens with two attached hydrogens (primary N) is 1. The summed E-state index contributed by atoms with van der Waals surface area (Å²) in [6, 6.07) is 4.07. The molecule has 1 saturated heterocycles. The summed E-state index contributed by atoms with van der Waals surface area (Å²) in [6.45, 7) is 1.28. The van der Waals surface area contributed by atoms with Gasteiger partial charge in [-0.15, -0.1) is 0 Å². The Balaban J connectivity index is 2.21. The van der Waals surface area contributed by atoms with Crippen molar-refractivity contribution in [3.05, 3.63) is 34.6 Å². The van der Waals surface area contributed by atoms with Crippen molar-refractivity contribution in [1.82, 2.24) is 4.90 Å². The molecule has 1 aliphatic rings. The fourth-order valence-electron chi connectivity index (χ4n) is 2.58. The number of halogens is 2. The topological polar surface area (TPSA) is 46.3 Å². The quantitative estimate of drug-likeness (QED) is 0.928. The van der Waals surface area contributed by atoms with E-state index < -0.39 is 5.82 Å². The summed E-state index contributed by atoms with van der Waals surface area (Å²) in [4.78, 5) is 14.3. The first-order valence-corrected chi connectivity index (χ1v) is 6.97. The third kappa shape index (κ3) is 3.25. The summed E-state index contributed by atoms with van der Waals surface area (Å²) in [5, 5.41) is 0.169. The van der Waals surface area contributed by atoms with E-state index in [0.29, 0.717) is 12.1 Å². The van der Waals surface area contributed by atoms with Gasteiger partial charge in [-0.2, -0.15) is 0 Å². The van der Waals surface area contributed by atoms with Crippen LogP contribution in [0, 0.1) is 5.82 Å². The molecule has 2 rings (SSSR count). The highest BCUT2D eigenvalue weighted by molar-refractivity contribution is 6.33. The van der Waals surface area contributed by atoms with Gasteiger partial charge in [0, 0.05) is 12.6 Å². The smallest absolute Gasteiger partial charge is 0.255 e. The van der Waals surface area contributed by atoms with Gasteiger partial charge in [0.25, 0.3) is 5.91 Å². The van der Waals surface area contributed by atoms with E-state index in [1.54, 1.807) is 0 Å². The van der Waals surface area contributed by atoms with Crippen LogP contribution >= 0.6 is 11.6 Å². The van der Waals surface area contributed by atoms with E-state index in [0.717, 1.165) is 32.2 Å². The van der Waals surface area contributed by atoms with Gasteiger partial charge in [-0.05, 0) is 50.4 Å². The first kappa shape index (κ1) is 14.3. The normalized spacial score (nSPS) is 19.5. The van der Waals surface area contributed by atoms with Crippen molar-refractivity contribution in [2.75, 3.05) is 13.1 Å². The Bertz CT molecular complexity index is 465. The van der Waals surface area contributed by atoms with Crippen LogP contribution in [0.3, 0.4) is 0 Å². The molecule has 0 aliphatic carbocycles. The molecule has 5 heteroatoms. The number of nitrogens with zero attached hydrogens (tertiary/aromatic N) is 1. The average Bonchev–Trinajstić information content (AvgIpc) is 2.39. The molecule has 2 N–H and O–H groups in total. The molecule has 0 aromatic heterocycles. The number of carbonyl (C=O) groups excluding carboxylic acids is 1. The first-order valence-electron chi connectivity index (χ1n) is 6.59. The lowest BCUT2D eigenvalue weighted by Gasteiger charge is -2.36. The SMILES string of the molecule is NCCC1CCCCN1C(=O)c1ccc(F)cc1Cl. The van der Waals surface area contributed by atoms with Crippen LogP contribution in [0.5, 0.6) is 0 Å². The van der Waals surface area contributed by atoms with E-state index >= 15 is 0 Å². The second-order valence-corrected chi connectivity index (χ2v) is 5.26. The van der Waals surface area contributed by atoms with E-state index in [9.17, 15) is 9.18 Å². The molecule has 1 fully saturated rings. The van der Waals surface area contributed by atoms with Crippen molar-refractivity contribution in [3.8, 4) is 0 Å². The number of amides is 1. The molecular weight excluding hydrogens is 267 g/mol. The van der Waals surface area contributed by atoms with Gasteiger partial charge in [0.05, 0.1) is 10.6 Å². The lowest BCUT2D eigenvalue weighted by atomic mass is 9.98. The maximum Gasteiger partial charge on any atom is 0.255 e. The van der Waals surface area contributed by atoms with Crippen LogP contribution in [0.25, 0.3) is 0 Å². The van der Waals surface area contributed by atoms with Crippen LogP contribution in [0.4, 0.5) is 4.39 Å². The van der Waals surface area contributed by atoms with Crippen molar-refractivity contribution >= 4 is 17.5 Å². The molecule has 0 bridgehead atoms. The molecule has 3 nitrogen and oxygen atoms in total. The summed E-state index contributed by atoms with van der Waals surface area (Å²) in [5.41, 5.74) is 5.96. The Morgan fingerprint density at radius 2 is 2.26 bits per heavy atom. The van der Waals surface area contributed by atoms with Gasteiger partial charge >= 0.3 is 0 Å². The summed E-state index contributed by atoms with van der Waals surface area (Å²) < 4.78 is 13.0. The molecule has 0 radical (unpaired) electrons. The number of likely N-dealkylation sites (tertiary alicyclic amines) is 1. The first-order chi connectivity index (χ1) is 9.13. The summed E-state index contributed by atoms with van der Waals surface area (Å²) in [7, 11) is 0. The van der Waals surface area contributed by atoms with Crippen LogP contribution in [0.1, 0.15) is 36.0 Å². The summed E-state index contributed by atoms with van der Waals surface area (Å²) in [6.07, 6.45) is 3.88. The van der Waals surface area contributed by atoms with E-state index in [2.05, 4.69) is 0 Å². The number of hydrogen-bond donors (Lipinski definition) is 1. The van der Waals surface area contributed by atoms with Crippen molar-refractivity contribution in [1.29, 1.82) is 0 Å². The second-order valence-electron chi connectivity index (χ2n) is 4.85. The number of hydrogen-bond acceptors (Lipinski definition) is 2. The van der Waals surface area contributed by atoms with Crippen molar-refractivity contribution < 1.29 is 9.18 Å². The Hall–Kier alpha value is -1.13. The molecular formula is C14H18ClFN2O. The van der Waals surface area contributed by atoms with Crippen molar-refractivity contribution in [3.63, 3.8) is 0 Å². The molecule has 1 atom stereocenters. The predicted octanol–water partition coefficient (Wildman–Crippen LogP) is 2.82. The maximum absolute atomic E-state index is 13.0. The summed E-state index contributed by atoms with van der Waals surface area (Å²) in [5.74, 6) is -0.554. The highest BCUT2D eigenvalue weighted by Gasteiger charge is 2.27. The largest absolute Gasteiger partial charge is 0.336 e. The molecule has 1 aromatic rings. The lowest BCUT2D eigenvalue weighted by Crippen LogP contribution is -2.44. The zero-order valence-corrected chi connectivity index (χ0v) is 11.5. The monoisotopic (exact) mass is 284 g/mol. The maximum atomic E-state index is 13.0. The molecule has 1 aliphatic heterocycles. The number of rotatable bonds is 3. The standard InChI is InChI=1S/C14H18ClFN2O/c15-13-9-10(16)4-5-12(13)14(19)18-8-2-1-3-11(18)6-7-17/h4-5,9,11H,1-3,6-8,17H2. The van der Waals surface area contributed by atoms with Crippen LogP contribution in [0.2, 0.25) is 5.02 Å². The summed E-state index contributed by atoms with van der Waals surface area (Å²) >= 11 is 5.96. The predicted molar refractivity (Wildman–Crippen MR) is 73.8 cm³/mol. The fourth-order valence-corrected chi connectivity index (χ4v) is 2.83. The van der Waals surface area contributed by atoms with Crippen molar-refractivity contribution in [2.45, 2.75) is 31.7 Å². The van der Waals surface area contributed by atoms with E-state index in [-0.39, 0.29) is 17.0 Å². The molecule has 1 amide bonds. The zero-order valence-electron chi connectivity index (χ0n) is 10.7. The fraction of sp³-hybridized carbons (Fsp3) is 0.500. The minimum absolute atomic E-state index is 0.122. The van der Waals surface area contributed by atoms with Crippen molar-refractivity contribution in [2.24, 2.45) is 5.73 Å². The zero-order chi connectivity index (χ0) is 13.8. The van der Waals surface area contributed by atoms with Gasteiger partial charge < -0.3 is 10.6 Å². The lowest BCUT2D eigenvalue weighted by molar-refractivity contribution is 0.0605. The molecule has 1 heterocycles. The van der Waals surface area contributed by atoms with Crippen LogP contribution in [-0.2, 0) is 0 Å². The average molecular weight is 285 g/mol. The van der Waals surface area contributed by atoms with Crippen LogP contribution < -0.4 is 5.73 Å². The van der Waals surface area contributed by atoms with E-state index in [1.165, 1.54) is 18.2 Å². The molecule has 0 spiro atoms. The highest BCUT2D eigenvalue weighted by Crippen LogP contribution is 2.25. The minimum Gasteiger partial charge on any atom is -0.336 e. The van der Waals surface area contributed by atoms with Gasteiger partial charge in [0.15, 0.2) is 0 Å². The number of carbonyl (C=O) groups is 1. The Labute approximate surface area is 117 Å². The van der Waals surface area contributed by atoms with Gasteiger partial charge in [-0.25, -0.2) is 4.39 Å². The van der Waals surface area contributed by atoms with Gasteiger partial charge in [0.2, 0.25) is 0 Å². The third-order valence-corrected chi connectivity index (χ3v) is 3.86. The van der Waals surface area contributed by atoms with E-state index in [1.807, 2.05) is 4.90 Å². The Kier molecular flexibility index (Phi) is 4.77. The van der Waals surface area contributed by atoms with Gasteiger partial charge in [-0.1, -0.05) is 11.6 Å². The van der Waals surface area contributed by atoms with Crippen LogP contribution in [-0.4, -0.2) is 29.9 Å². The Morgan fingerprint density at radius 1 is 1.47 bits per heavy atom. The number of benzene rings is 1. The number of piperidine rings is 1. The minimum atomic E-state index is -0.432. The molecule has 104 valence electrons.